The van der Waals surface area contributed by atoms with E-state index in [1.807, 2.05) is 35.1 Å². The summed E-state index contributed by atoms with van der Waals surface area (Å²) in [5.74, 6) is 0. The van der Waals surface area contributed by atoms with Crippen LogP contribution in [0.3, 0.4) is 0 Å². The van der Waals surface area contributed by atoms with E-state index in [4.69, 9.17) is 5.73 Å². The average Bonchev–Trinajstić information content (AvgIpc) is 3.02. The van der Waals surface area contributed by atoms with Crippen molar-refractivity contribution in [2.45, 2.75) is 13.0 Å². The minimum Gasteiger partial charge on any atom is -0.399 e. The molecule has 2 heterocycles. The van der Waals surface area contributed by atoms with Crippen LogP contribution in [-0.4, -0.2) is 21.3 Å². The predicted molar refractivity (Wildman–Crippen MR) is 79.4 cm³/mol. The summed E-state index contributed by atoms with van der Waals surface area (Å²) in [5.41, 5.74) is 7.53. The molecule has 0 radical (unpaired) electrons. The zero-order chi connectivity index (χ0) is 13.1. The topological polar surface area (TPSA) is 68.8 Å². The molecule has 98 valence electrons. The van der Waals surface area contributed by atoms with Gasteiger partial charge in [-0.2, -0.15) is 5.10 Å². The van der Waals surface area contributed by atoms with Crippen LogP contribution in [0.25, 0.3) is 10.2 Å². The Bertz CT molecular complexity index is 659. The Balaban J connectivity index is 1.56. The van der Waals surface area contributed by atoms with Gasteiger partial charge in [0.25, 0.3) is 0 Å². The maximum atomic E-state index is 5.76. The monoisotopic (exact) mass is 273 g/mol. The fourth-order valence-corrected chi connectivity index (χ4v) is 2.83. The van der Waals surface area contributed by atoms with E-state index in [1.54, 1.807) is 17.5 Å². The largest absolute Gasteiger partial charge is 0.399 e. The number of nitrogens with zero attached hydrogens (tertiary/aromatic N) is 3. The van der Waals surface area contributed by atoms with Gasteiger partial charge in [-0.3, -0.25) is 4.68 Å². The molecule has 0 aliphatic carbocycles. The summed E-state index contributed by atoms with van der Waals surface area (Å²) in [6.45, 7) is 1.80. The van der Waals surface area contributed by atoms with E-state index < -0.39 is 0 Å². The van der Waals surface area contributed by atoms with Gasteiger partial charge in [-0.1, -0.05) is 11.3 Å². The molecule has 5 nitrogen and oxygen atoms in total. The Hall–Kier alpha value is -2.08. The van der Waals surface area contributed by atoms with Crippen LogP contribution in [-0.2, 0) is 6.54 Å². The molecule has 0 bridgehead atoms. The lowest BCUT2D eigenvalue weighted by Crippen LogP contribution is -2.06. The van der Waals surface area contributed by atoms with Gasteiger partial charge in [0.2, 0.25) is 0 Å². The Labute approximate surface area is 115 Å². The molecule has 3 rings (SSSR count). The molecule has 0 spiro atoms. The van der Waals surface area contributed by atoms with Gasteiger partial charge in [0, 0.05) is 31.2 Å². The van der Waals surface area contributed by atoms with E-state index in [0.29, 0.717) is 0 Å². The number of rotatable bonds is 5. The van der Waals surface area contributed by atoms with Gasteiger partial charge < -0.3 is 11.1 Å². The molecule has 3 aromatic rings. The van der Waals surface area contributed by atoms with Gasteiger partial charge in [-0.15, -0.1) is 0 Å². The highest BCUT2D eigenvalue weighted by molar-refractivity contribution is 7.22. The highest BCUT2D eigenvalue weighted by Gasteiger charge is 2.03. The fraction of sp³-hybridized carbons (Fsp3) is 0.231. The molecular weight excluding hydrogens is 258 g/mol. The van der Waals surface area contributed by atoms with Gasteiger partial charge in [0.05, 0.1) is 10.2 Å². The highest BCUT2D eigenvalue weighted by Crippen LogP contribution is 2.27. The molecule has 0 aliphatic rings. The summed E-state index contributed by atoms with van der Waals surface area (Å²) >= 11 is 1.63. The number of nitrogens with two attached hydrogens (primary N) is 1. The van der Waals surface area contributed by atoms with Gasteiger partial charge in [-0.05, 0) is 30.7 Å². The van der Waals surface area contributed by atoms with Gasteiger partial charge in [-0.25, -0.2) is 4.98 Å². The van der Waals surface area contributed by atoms with Crippen molar-refractivity contribution < 1.29 is 0 Å². The zero-order valence-electron chi connectivity index (χ0n) is 10.4. The number of anilines is 2. The van der Waals surface area contributed by atoms with E-state index in [2.05, 4.69) is 15.4 Å². The molecule has 1 aromatic carbocycles. The van der Waals surface area contributed by atoms with Gasteiger partial charge >= 0.3 is 0 Å². The molecule has 0 atom stereocenters. The van der Waals surface area contributed by atoms with Crippen LogP contribution in [0.15, 0.2) is 36.7 Å². The van der Waals surface area contributed by atoms with Crippen molar-refractivity contribution in [3.05, 3.63) is 36.7 Å². The number of nitrogen functional groups attached to an aromatic ring is 1. The minimum absolute atomic E-state index is 0.779. The SMILES string of the molecule is Nc1ccc2nc(NCCCn3cccn3)sc2c1. The van der Waals surface area contributed by atoms with Crippen LogP contribution >= 0.6 is 11.3 Å². The first kappa shape index (κ1) is 12.0. The van der Waals surface area contributed by atoms with E-state index >= 15 is 0 Å². The predicted octanol–water partition coefficient (Wildman–Crippen LogP) is 2.58. The third-order valence-electron chi connectivity index (χ3n) is 2.81. The Morgan fingerprint density at radius 1 is 1.37 bits per heavy atom. The summed E-state index contributed by atoms with van der Waals surface area (Å²) in [6.07, 6.45) is 4.78. The summed E-state index contributed by atoms with van der Waals surface area (Å²) in [4.78, 5) is 4.52. The highest BCUT2D eigenvalue weighted by atomic mass is 32.1. The number of aryl methyl sites for hydroxylation is 1. The fourth-order valence-electron chi connectivity index (χ4n) is 1.89. The maximum absolute atomic E-state index is 5.76. The summed E-state index contributed by atoms with van der Waals surface area (Å²) < 4.78 is 3.05. The van der Waals surface area contributed by atoms with Crippen molar-refractivity contribution in [2.75, 3.05) is 17.6 Å². The minimum atomic E-state index is 0.779. The number of thiazole rings is 1. The van der Waals surface area contributed by atoms with Crippen LogP contribution in [0, 0.1) is 0 Å². The normalized spacial score (nSPS) is 10.9. The third kappa shape index (κ3) is 2.85. The Morgan fingerprint density at radius 3 is 3.16 bits per heavy atom. The van der Waals surface area contributed by atoms with Gasteiger partial charge in [0.15, 0.2) is 5.13 Å². The smallest absolute Gasteiger partial charge is 0.183 e. The van der Waals surface area contributed by atoms with Crippen molar-refractivity contribution >= 4 is 32.4 Å². The first-order chi connectivity index (χ1) is 9.31. The summed E-state index contributed by atoms with van der Waals surface area (Å²) in [7, 11) is 0. The Kier molecular flexibility index (Phi) is 3.33. The maximum Gasteiger partial charge on any atom is 0.183 e. The van der Waals surface area contributed by atoms with E-state index in [1.165, 1.54) is 0 Å². The lowest BCUT2D eigenvalue weighted by atomic mass is 10.3. The molecule has 0 saturated heterocycles. The molecule has 0 saturated carbocycles. The van der Waals surface area contributed by atoms with Crippen molar-refractivity contribution in [1.29, 1.82) is 0 Å². The second-order valence-electron chi connectivity index (χ2n) is 4.30. The summed E-state index contributed by atoms with van der Waals surface area (Å²) in [5, 5.41) is 8.45. The zero-order valence-corrected chi connectivity index (χ0v) is 11.2. The van der Waals surface area contributed by atoms with Crippen LogP contribution in [0.1, 0.15) is 6.42 Å². The standard InChI is InChI=1S/C13H15N5S/c14-10-3-4-11-12(9-10)19-13(17-11)15-5-1-7-18-8-2-6-16-18/h2-4,6,8-9H,1,5,7,14H2,(H,15,17). The molecule has 2 aromatic heterocycles. The van der Waals surface area contributed by atoms with E-state index in [9.17, 15) is 0 Å². The molecule has 3 N–H and O–H groups in total. The first-order valence-corrected chi connectivity index (χ1v) is 7.00. The van der Waals surface area contributed by atoms with Crippen LogP contribution in [0.5, 0.6) is 0 Å². The van der Waals surface area contributed by atoms with Crippen LogP contribution in [0.2, 0.25) is 0 Å². The molecule has 6 heteroatoms. The van der Waals surface area contributed by atoms with Gasteiger partial charge in [0.1, 0.15) is 0 Å². The average molecular weight is 273 g/mol. The second kappa shape index (κ2) is 5.27. The molecule has 0 amide bonds. The molecule has 0 fully saturated rings. The van der Waals surface area contributed by atoms with Crippen molar-refractivity contribution in [3.8, 4) is 0 Å². The molecular formula is C13H15N5S. The Morgan fingerprint density at radius 2 is 2.32 bits per heavy atom. The molecule has 0 aliphatic heterocycles. The number of benzene rings is 1. The number of nitrogens with one attached hydrogen (secondary N) is 1. The van der Waals surface area contributed by atoms with E-state index in [-0.39, 0.29) is 0 Å². The second-order valence-corrected chi connectivity index (χ2v) is 5.33. The lowest BCUT2D eigenvalue weighted by Gasteiger charge is -2.02. The molecule has 19 heavy (non-hydrogen) atoms. The van der Waals surface area contributed by atoms with E-state index in [0.717, 1.165) is 40.5 Å². The van der Waals surface area contributed by atoms with Crippen molar-refractivity contribution in [3.63, 3.8) is 0 Å². The number of hydrogen-bond donors (Lipinski definition) is 2. The first-order valence-electron chi connectivity index (χ1n) is 6.19. The number of fused-ring (bicyclic) bond motifs is 1. The molecule has 0 unspecified atom stereocenters. The van der Waals surface area contributed by atoms with Crippen molar-refractivity contribution in [1.82, 2.24) is 14.8 Å². The third-order valence-corrected chi connectivity index (χ3v) is 3.79. The number of hydrogen-bond acceptors (Lipinski definition) is 5. The van der Waals surface area contributed by atoms with Crippen LogP contribution < -0.4 is 11.1 Å². The van der Waals surface area contributed by atoms with Crippen molar-refractivity contribution in [2.24, 2.45) is 0 Å². The summed E-state index contributed by atoms with van der Waals surface area (Å²) in [6, 6.07) is 7.73. The number of aromatic nitrogens is 3. The quantitative estimate of drug-likeness (QED) is 0.554. The lowest BCUT2D eigenvalue weighted by molar-refractivity contribution is 0.592. The van der Waals surface area contributed by atoms with Crippen LogP contribution in [0.4, 0.5) is 10.8 Å².